The number of benzene rings is 2. The van der Waals surface area contributed by atoms with Crippen LogP contribution in [0.3, 0.4) is 0 Å². The molecule has 110 valence electrons. The molecule has 0 saturated heterocycles. The van der Waals surface area contributed by atoms with Gasteiger partial charge in [0.15, 0.2) is 6.10 Å². The Morgan fingerprint density at radius 3 is 2.24 bits per heavy atom. The van der Waals surface area contributed by atoms with Gasteiger partial charge in [-0.1, -0.05) is 12.1 Å². The zero-order valence-corrected chi connectivity index (χ0v) is 13.6. The van der Waals surface area contributed by atoms with Gasteiger partial charge in [-0.2, -0.15) is 0 Å². The summed E-state index contributed by atoms with van der Waals surface area (Å²) in [4.78, 5) is 10.7. The van der Waals surface area contributed by atoms with E-state index in [9.17, 15) is 4.79 Å². The van der Waals surface area contributed by atoms with Crippen molar-refractivity contribution < 1.29 is 19.4 Å². The molecule has 2 aromatic carbocycles. The number of aliphatic carboxylic acids is 1. The van der Waals surface area contributed by atoms with Gasteiger partial charge in [-0.15, -0.1) is 0 Å². The van der Waals surface area contributed by atoms with Gasteiger partial charge in [-0.3, -0.25) is 0 Å². The minimum atomic E-state index is -0.985. The first-order valence-electron chi connectivity index (χ1n) is 6.41. The van der Waals surface area contributed by atoms with Crippen LogP contribution in [0.4, 0.5) is 0 Å². The van der Waals surface area contributed by atoms with Crippen molar-refractivity contribution in [3.05, 3.63) is 57.7 Å². The lowest BCUT2D eigenvalue weighted by atomic mass is 10.2. The molecule has 2 aromatic rings. The lowest BCUT2D eigenvalue weighted by molar-refractivity contribution is -0.144. The average molecular weight is 398 g/mol. The maximum absolute atomic E-state index is 10.7. The number of hydrogen-bond donors (Lipinski definition) is 1. The number of carboxylic acids is 1. The average Bonchev–Trinajstić information content (AvgIpc) is 2.48. The van der Waals surface area contributed by atoms with Gasteiger partial charge < -0.3 is 14.6 Å². The third-order valence-electron chi connectivity index (χ3n) is 2.80. The van der Waals surface area contributed by atoms with Gasteiger partial charge >= 0.3 is 5.97 Å². The number of halogens is 1. The van der Waals surface area contributed by atoms with Crippen LogP contribution in [0.2, 0.25) is 0 Å². The van der Waals surface area contributed by atoms with E-state index < -0.39 is 12.1 Å². The lowest BCUT2D eigenvalue weighted by Crippen LogP contribution is -2.22. The molecule has 0 radical (unpaired) electrons. The highest BCUT2D eigenvalue weighted by atomic mass is 127. The van der Waals surface area contributed by atoms with E-state index in [1.54, 1.807) is 12.1 Å². The van der Waals surface area contributed by atoms with Crippen molar-refractivity contribution in [1.82, 2.24) is 0 Å². The van der Waals surface area contributed by atoms with E-state index in [0.29, 0.717) is 12.4 Å². The molecule has 0 aliphatic carbocycles. The highest BCUT2D eigenvalue weighted by Crippen LogP contribution is 2.17. The van der Waals surface area contributed by atoms with Crippen LogP contribution in [0.25, 0.3) is 0 Å². The zero-order chi connectivity index (χ0) is 15.2. The van der Waals surface area contributed by atoms with Gasteiger partial charge in [-0.05, 0) is 71.5 Å². The van der Waals surface area contributed by atoms with Crippen LogP contribution in [0.15, 0.2) is 48.5 Å². The standard InChI is InChI=1S/C16H15IO4/c1-11(16(18)19)21-15-6-2-12(3-7-15)10-20-14-8-4-13(17)5-9-14/h2-9,11H,10H2,1H3,(H,18,19). The molecule has 0 heterocycles. The molecule has 4 nitrogen and oxygen atoms in total. The topological polar surface area (TPSA) is 55.8 Å². The smallest absolute Gasteiger partial charge is 0.344 e. The van der Waals surface area contributed by atoms with Gasteiger partial charge in [0.2, 0.25) is 0 Å². The molecule has 21 heavy (non-hydrogen) atoms. The minimum Gasteiger partial charge on any atom is -0.489 e. The summed E-state index contributed by atoms with van der Waals surface area (Å²) in [5.41, 5.74) is 0.990. The first kappa shape index (κ1) is 15.6. The van der Waals surface area contributed by atoms with Crippen molar-refractivity contribution in [3.63, 3.8) is 0 Å². The van der Waals surface area contributed by atoms with E-state index in [2.05, 4.69) is 22.6 Å². The Hall–Kier alpha value is -1.76. The first-order valence-corrected chi connectivity index (χ1v) is 7.49. The summed E-state index contributed by atoms with van der Waals surface area (Å²) in [7, 11) is 0. The molecule has 5 heteroatoms. The van der Waals surface area contributed by atoms with Crippen LogP contribution in [0, 0.1) is 3.57 Å². The number of ether oxygens (including phenoxy) is 2. The molecular formula is C16H15IO4. The Balaban J connectivity index is 1.90. The molecule has 0 aliphatic rings. The number of carbonyl (C=O) groups is 1. The second-order valence-electron chi connectivity index (χ2n) is 4.48. The molecular weight excluding hydrogens is 383 g/mol. The summed E-state index contributed by atoms with van der Waals surface area (Å²) in [5.74, 6) is 0.360. The summed E-state index contributed by atoms with van der Waals surface area (Å²) in [6.07, 6.45) is -0.862. The molecule has 2 rings (SSSR count). The van der Waals surface area contributed by atoms with Crippen molar-refractivity contribution in [2.45, 2.75) is 19.6 Å². The maximum Gasteiger partial charge on any atom is 0.344 e. The summed E-state index contributed by atoms with van der Waals surface area (Å²) < 4.78 is 12.1. The van der Waals surface area contributed by atoms with Gasteiger partial charge in [0.25, 0.3) is 0 Å². The van der Waals surface area contributed by atoms with E-state index in [1.807, 2.05) is 36.4 Å². The third kappa shape index (κ3) is 4.93. The highest BCUT2D eigenvalue weighted by Gasteiger charge is 2.11. The number of carboxylic acid groups (broad SMARTS) is 1. The Morgan fingerprint density at radius 1 is 1.10 bits per heavy atom. The Bertz CT molecular complexity index is 593. The van der Waals surface area contributed by atoms with Crippen molar-refractivity contribution in [2.24, 2.45) is 0 Å². The summed E-state index contributed by atoms with van der Waals surface area (Å²) >= 11 is 2.24. The minimum absolute atomic E-state index is 0.454. The molecule has 0 aliphatic heterocycles. The van der Waals surface area contributed by atoms with Gasteiger partial charge in [0.1, 0.15) is 18.1 Å². The number of rotatable bonds is 6. The van der Waals surface area contributed by atoms with Crippen molar-refractivity contribution in [3.8, 4) is 11.5 Å². The second kappa shape index (κ2) is 7.31. The quantitative estimate of drug-likeness (QED) is 0.754. The summed E-state index contributed by atoms with van der Waals surface area (Å²) in [5, 5.41) is 8.78. The predicted octanol–water partition coefficient (Wildman–Crippen LogP) is 3.72. The maximum atomic E-state index is 10.7. The number of hydrogen-bond acceptors (Lipinski definition) is 3. The molecule has 0 amide bonds. The van der Waals surface area contributed by atoms with Crippen LogP contribution in [0.1, 0.15) is 12.5 Å². The van der Waals surface area contributed by atoms with E-state index in [1.165, 1.54) is 6.92 Å². The van der Waals surface area contributed by atoms with Crippen molar-refractivity contribution in [2.75, 3.05) is 0 Å². The fourth-order valence-electron chi connectivity index (χ4n) is 1.62. The van der Waals surface area contributed by atoms with Crippen LogP contribution >= 0.6 is 22.6 Å². The fraction of sp³-hybridized carbons (Fsp3) is 0.188. The monoisotopic (exact) mass is 398 g/mol. The normalized spacial score (nSPS) is 11.7. The van der Waals surface area contributed by atoms with Crippen LogP contribution in [-0.4, -0.2) is 17.2 Å². The largest absolute Gasteiger partial charge is 0.489 e. The van der Waals surface area contributed by atoms with Crippen LogP contribution in [-0.2, 0) is 11.4 Å². The SMILES string of the molecule is CC(Oc1ccc(COc2ccc(I)cc2)cc1)C(=O)O. The Labute approximate surface area is 136 Å². The van der Waals surface area contributed by atoms with Crippen LogP contribution < -0.4 is 9.47 Å². The van der Waals surface area contributed by atoms with Gasteiger partial charge in [0.05, 0.1) is 0 Å². The molecule has 1 unspecified atom stereocenters. The van der Waals surface area contributed by atoms with Crippen LogP contribution in [0.5, 0.6) is 11.5 Å². The second-order valence-corrected chi connectivity index (χ2v) is 5.73. The molecule has 0 bridgehead atoms. The van der Waals surface area contributed by atoms with Crippen molar-refractivity contribution in [1.29, 1.82) is 0 Å². The van der Waals surface area contributed by atoms with E-state index in [0.717, 1.165) is 14.9 Å². The van der Waals surface area contributed by atoms with Gasteiger partial charge in [-0.25, -0.2) is 4.79 Å². The predicted molar refractivity (Wildman–Crippen MR) is 87.7 cm³/mol. The Kier molecular flexibility index (Phi) is 5.44. The Morgan fingerprint density at radius 2 is 1.67 bits per heavy atom. The summed E-state index contributed by atoms with van der Waals surface area (Å²) in [6.45, 7) is 1.95. The molecule has 0 spiro atoms. The van der Waals surface area contributed by atoms with Gasteiger partial charge in [0, 0.05) is 3.57 Å². The fourth-order valence-corrected chi connectivity index (χ4v) is 1.98. The zero-order valence-electron chi connectivity index (χ0n) is 11.5. The van der Waals surface area contributed by atoms with Crippen molar-refractivity contribution >= 4 is 28.6 Å². The third-order valence-corrected chi connectivity index (χ3v) is 3.52. The molecule has 1 N–H and O–H groups in total. The first-order chi connectivity index (χ1) is 10.0. The molecule has 0 saturated carbocycles. The lowest BCUT2D eigenvalue weighted by Gasteiger charge is -2.11. The van der Waals surface area contributed by atoms with E-state index in [-0.39, 0.29) is 0 Å². The van der Waals surface area contributed by atoms with E-state index in [4.69, 9.17) is 14.6 Å². The van der Waals surface area contributed by atoms with E-state index >= 15 is 0 Å². The molecule has 0 aromatic heterocycles. The highest BCUT2D eigenvalue weighted by molar-refractivity contribution is 14.1. The molecule has 0 fully saturated rings. The summed E-state index contributed by atoms with van der Waals surface area (Å²) in [6, 6.07) is 15.0. The molecule has 1 atom stereocenters.